The predicted octanol–water partition coefficient (Wildman–Crippen LogP) is 5.79. The average molecular weight is 318 g/mol. The lowest BCUT2D eigenvalue weighted by Crippen LogP contribution is -2.11. The topological polar surface area (TPSA) is 9.23 Å². The van der Waals surface area contributed by atoms with Crippen molar-refractivity contribution in [1.82, 2.24) is 0 Å². The molecule has 2 rings (SSSR count). The van der Waals surface area contributed by atoms with Gasteiger partial charge in [0.15, 0.2) is 0 Å². The van der Waals surface area contributed by atoms with E-state index in [2.05, 4.69) is 0 Å². The Morgan fingerprint density at radius 1 is 0.773 bits per heavy atom. The standard InChI is InChI=1S/C15H8F6O/c16-10-3-7-12(8-4-10)22-11-5-1-9(2-6-11)13(14(17)18)15(19,20)21/h1-8H. The number of hydrogen-bond acceptors (Lipinski definition) is 1. The summed E-state index contributed by atoms with van der Waals surface area (Å²) in [4.78, 5) is 0. The minimum atomic E-state index is -5.15. The van der Waals surface area contributed by atoms with E-state index in [0.29, 0.717) is 0 Å². The molecule has 0 N–H and O–H groups in total. The molecule has 22 heavy (non-hydrogen) atoms. The predicted molar refractivity (Wildman–Crippen MR) is 68.1 cm³/mol. The van der Waals surface area contributed by atoms with Crippen LogP contribution in [0.5, 0.6) is 11.5 Å². The molecule has 0 aromatic heterocycles. The molecular weight excluding hydrogens is 310 g/mol. The van der Waals surface area contributed by atoms with E-state index in [4.69, 9.17) is 4.74 Å². The van der Waals surface area contributed by atoms with Gasteiger partial charge in [0.25, 0.3) is 6.08 Å². The Morgan fingerprint density at radius 2 is 1.23 bits per heavy atom. The molecule has 0 saturated carbocycles. The number of ether oxygens (including phenoxy) is 1. The normalized spacial score (nSPS) is 11.2. The van der Waals surface area contributed by atoms with Crippen LogP contribution >= 0.6 is 0 Å². The molecule has 0 aliphatic rings. The molecule has 0 fully saturated rings. The van der Waals surface area contributed by atoms with Crippen molar-refractivity contribution in [3.8, 4) is 11.5 Å². The number of alkyl halides is 3. The summed E-state index contributed by atoms with van der Waals surface area (Å²) in [5.74, 6) is -0.0744. The average Bonchev–Trinajstić information content (AvgIpc) is 2.41. The fourth-order valence-corrected chi connectivity index (χ4v) is 1.71. The summed E-state index contributed by atoms with van der Waals surface area (Å²) >= 11 is 0. The number of rotatable bonds is 3. The van der Waals surface area contributed by atoms with Gasteiger partial charge in [0, 0.05) is 0 Å². The first-order valence-electron chi connectivity index (χ1n) is 5.93. The summed E-state index contributed by atoms with van der Waals surface area (Å²) in [5, 5.41) is 0. The van der Waals surface area contributed by atoms with E-state index in [-0.39, 0.29) is 11.5 Å². The Balaban J connectivity index is 2.23. The smallest absolute Gasteiger partial charge is 0.422 e. The Labute approximate surface area is 121 Å². The van der Waals surface area contributed by atoms with Gasteiger partial charge in [-0.05, 0) is 42.0 Å². The van der Waals surface area contributed by atoms with Gasteiger partial charge in [0.05, 0.1) is 0 Å². The molecule has 0 amide bonds. The maximum absolute atomic E-state index is 12.7. The van der Waals surface area contributed by atoms with Gasteiger partial charge in [0.2, 0.25) is 0 Å². The van der Waals surface area contributed by atoms with E-state index < -0.39 is 29.2 Å². The quantitative estimate of drug-likeness (QED) is 0.651. The second-order valence-electron chi connectivity index (χ2n) is 4.21. The van der Waals surface area contributed by atoms with Gasteiger partial charge in [-0.25, -0.2) is 4.39 Å². The molecule has 0 saturated heterocycles. The van der Waals surface area contributed by atoms with E-state index >= 15 is 0 Å². The third-order valence-electron chi connectivity index (χ3n) is 2.66. The molecule has 2 aromatic rings. The highest BCUT2D eigenvalue weighted by Gasteiger charge is 2.38. The van der Waals surface area contributed by atoms with Crippen LogP contribution in [0.15, 0.2) is 54.6 Å². The highest BCUT2D eigenvalue weighted by atomic mass is 19.4. The molecule has 0 heterocycles. The molecule has 2 aromatic carbocycles. The maximum atomic E-state index is 12.7. The first-order chi connectivity index (χ1) is 10.3. The van der Waals surface area contributed by atoms with E-state index in [0.717, 1.165) is 36.4 Å². The van der Waals surface area contributed by atoms with Crippen molar-refractivity contribution in [2.75, 3.05) is 0 Å². The molecule has 0 aliphatic heterocycles. The first kappa shape index (κ1) is 15.9. The molecule has 0 atom stereocenters. The van der Waals surface area contributed by atoms with Crippen LogP contribution in [0.2, 0.25) is 0 Å². The second-order valence-corrected chi connectivity index (χ2v) is 4.21. The third-order valence-corrected chi connectivity index (χ3v) is 2.66. The molecule has 0 radical (unpaired) electrons. The summed E-state index contributed by atoms with van der Waals surface area (Å²) in [6.07, 6.45) is -7.96. The van der Waals surface area contributed by atoms with Gasteiger partial charge in [-0.1, -0.05) is 12.1 Å². The summed E-state index contributed by atoms with van der Waals surface area (Å²) < 4.78 is 80.5. The minimum absolute atomic E-state index is 0.135. The number of benzene rings is 2. The fourth-order valence-electron chi connectivity index (χ4n) is 1.71. The van der Waals surface area contributed by atoms with Gasteiger partial charge in [-0.15, -0.1) is 0 Å². The first-order valence-corrected chi connectivity index (χ1v) is 5.93. The summed E-state index contributed by atoms with van der Waals surface area (Å²) in [6.45, 7) is 0. The molecule has 0 aliphatic carbocycles. The highest BCUT2D eigenvalue weighted by Crippen LogP contribution is 2.38. The van der Waals surface area contributed by atoms with Gasteiger partial charge in [-0.2, -0.15) is 22.0 Å². The Morgan fingerprint density at radius 3 is 1.64 bits per heavy atom. The molecule has 0 bridgehead atoms. The summed E-state index contributed by atoms with van der Waals surface area (Å²) in [6, 6.07) is 8.93. The van der Waals surface area contributed by atoms with Crippen molar-refractivity contribution in [3.63, 3.8) is 0 Å². The van der Waals surface area contributed by atoms with E-state index in [1.54, 1.807) is 0 Å². The largest absolute Gasteiger partial charge is 0.457 e. The molecule has 116 valence electrons. The van der Waals surface area contributed by atoms with Crippen LogP contribution in [0.1, 0.15) is 5.56 Å². The lowest BCUT2D eigenvalue weighted by atomic mass is 10.1. The Kier molecular flexibility index (Phi) is 4.44. The van der Waals surface area contributed by atoms with Crippen LogP contribution in [0.3, 0.4) is 0 Å². The minimum Gasteiger partial charge on any atom is -0.457 e. The maximum Gasteiger partial charge on any atom is 0.422 e. The van der Waals surface area contributed by atoms with E-state index in [9.17, 15) is 26.3 Å². The van der Waals surface area contributed by atoms with Crippen LogP contribution in [-0.2, 0) is 0 Å². The number of allylic oxidation sites excluding steroid dienone is 1. The summed E-state index contributed by atoms with van der Waals surface area (Å²) in [5.41, 5.74) is -2.65. The zero-order chi connectivity index (χ0) is 16.3. The van der Waals surface area contributed by atoms with Crippen molar-refractivity contribution >= 4 is 5.57 Å². The van der Waals surface area contributed by atoms with Gasteiger partial charge in [-0.3, -0.25) is 0 Å². The van der Waals surface area contributed by atoms with E-state index in [1.165, 1.54) is 12.1 Å². The number of halogens is 6. The fraction of sp³-hybridized carbons (Fsp3) is 0.0667. The van der Waals surface area contributed by atoms with Crippen LogP contribution in [0.25, 0.3) is 5.57 Å². The summed E-state index contributed by atoms with van der Waals surface area (Å²) in [7, 11) is 0. The Bertz CT molecular complexity index is 667. The van der Waals surface area contributed by atoms with Crippen molar-refractivity contribution in [3.05, 3.63) is 66.0 Å². The zero-order valence-corrected chi connectivity index (χ0v) is 10.8. The van der Waals surface area contributed by atoms with Gasteiger partial charge in [0.1, 0.15) is 22.9 Å². The SMILES string of the molecule is FC(F)=C(c1ccc(Oc2ccc(F)cc2)cc1)C(F)(F)F. The Hall–Kier alpha value is -2.44. The molecule has 0 spiro atoms. The van der Waals surface area contributed by atoms with Crippen LogP contribution in [0, 0.1) is 5.82 Å². The van der Waals surface area contributed by atoms with Crippen molar-refractivity contribution in [2.45, 2.75) is 6.18 Å². The van der Waals surface area contributed by atoms with Crippen LogP contribution in [0.4, 0.5) is 26.3 Å². The molecule has 0 unspecified atom stereocenters. The third kappa shape index (κ3) is 3.81. The zero-order valence-electron chi connectivity index (χ0n) is 10.8. The molecule has 7 heteroatoms. The number of hydrogen-bond donors (Lipinski definition) is 0. The lowest BCUT2D eigenvalue weighted by Gasteiger charge is -2.11. The second kappa shape index (κ2) is 6.13. The van der Waals surface area contributed by atoms with E-state index in [1.807, 2.05) is 0 Å². The highest BCUT2D eigenvalue weighted by molar-refractivity contribution is 5.70. The monoisotopic (exact) mass is 318 g/mol. The molecule has 1 nitrogen and oxygen atoms in total. The van der Waals surface area contributed by atoms with Gasteiger partial charge >= 0.3 is 6.18 Å². The lowest BCUT2D eigenvalue weighted by molar-refractivity contribution is -0.0711. The van der Waals surface area contributed by atoms with Crippen LogP contribution < -0.4 is 4.74 Å². The van der Waals surface area contributed by atoms with Crippen molar-refractivity contribution in [1.29, 1.82) is 0 Å². The van der Waals surface area contributed by atoms with Crippen LogP contribution in [-0.4, -0.2) is 6.18 Å². The van der Waals surface area contributed by atoms with Crippen molar-refractivity contribution < 1.29 is 31.1 Å². The van der Waals surface area contributed by atoms with Gasteiger partial charge < -0.3 is 4.74 Å². The molecular formula is C15H8F6O. The van der Waals surface area contributed by atoms with Crippen molar-refractivity contribution in [2.24, 2.45) is 0 Å².